The Bertz CT molecular complexity index is 231. The molecule has 1 N–H and O–H groups in total. The minimum absolute atomic E-state index is 0.0570. The average Bonchev–Trinajstić information content (AvgIpc) is 2.13. The molecule has 0 bridgehead atoms. The minimum Gasteiger partial charge on any atom is -0.356 e. The monoisotopic (exact) mass is 198 g/mol. The standard InChI is InChI=1S/C9H18N4O/c1-4-5-8(14)11-6-9(2,3)7-12-13-10/h4-7H2,1-3H3,(H,11,14). The van der Waals surface area contributed by atoms with E-state index in [0.717, 1.165) is 6.42 Å². The van der Waals surface area contributed by atoms with E-state index in [0.29, 0.717) is 19.5 Å². The molecule has 5 heteroatoms. The first-order valence-corrected chi connectivity index (χ1v) is 4.79. The van der Waals surface area contributed by atoms with Crippen molar-refractivity contribution in [1.29, 1.82) is 0 Å². The summed E-state index contributed by atoms with van der Waals surface area (Å²) < 4.78 is 0. The van der Waals surface area contributed by atoms with Gasteiger partial charge in [-0.25, -0.2) is 0 Å². The fraction of sp³-hybridized carbons (Fsp3) is 0.889. The van der Waals surface area contributed by atoms with Crippen molar-refractivity contribution < 1.29 is 4.79 Å². The largest absolute Gasteiger partial charge is 0.356 e. The lowest BCUT2D eigenvalue weighted by Crippen LogP contribution is -2.35. The Labute approximate surface area is 84.5 Å². The van der Waals surface area contributed by atoms with E-state index in [4.69, 9.17) is 5.53 Å². The number of rotatable bonds is 6. The van der Waals surface area contributed by atoms with Gasteiger partial charge in [0.15, 0.2) is 0 Å². The molecule has 0 fully saturated rings. The molecule has 0 aromatic carbocycles. The van der Waals surface area contributed by atoms with E-state index in [1.54, 1.807) is 0 Å². The number of carbonyl (C=O) groups is 1. The highest BCUT2D eigenvalue weighted by Gasteiger charge is 2.17. The first kappa shape index (κ1) is 12.8. The fourth-order valence-corrected chi connectivity index (χ4v) is 0.932. The molecule has 0 unspecified atom stereocenters. The van der Waals surface area contributed by atoms with Gasteiger partial charge in [0, 0.05) is 24.4 Å². The van der Waals surface area contributed by atoms with Gasteiger partial charge < -0.3 is 5.32 Å². The second-order valence-corrected chi connectivity index (χ2v) is 4.08. The van der Waals surface area contributed by atoms with Crippen LogP contribution in [0.15, 0.2) is 5.11 Å². The van der Waals surface area contributed by atoms with Crippen LogP contribution >= 0.6 is 0 Å². The highest BCUT2D eigenvalue weighted by molar-refractivity contribution is 5.75. The van der Waals surface area contributed by atoms with Crippen molar-refractivity contribution in [3.05, 3.63) is 10.4 Å². The lowest BCUT2D eigenvalue weighted by molar-refractivity contribution is -0.121. The number of hydrogen-bond acceptors (Lipinski definition) is 2. The van der Waals surface area contributed by atoms with Crippen molar-refractivity contribution in [2.75, 3.05) is 13.1 Å². The fourth-order valence-electron chi connectivity index (χ4n) is 0.932. The second kappa shape index (κ2) is 6.27. The molecular weight excluding hydrogens is 180 g/mol. The van der Waals surface area contributed by atoms with E-state index >= 15 is 0 Å². The number of nitrogens with zero attached hydrogens (tertiary/aromatic N) is 3. The normalized spacial score (nSPS) is 10.5. The van der Waals surface area contributed by atoms with Crippen molar-refractivity contribution in [2.45, 2.75) is 33.6 Å². The molecule has 14 heavy (non-hydrogen) atoms. The van der Waals surface area contributed by atoms with E-state index < -0.39 is 0 Å². The molecule has 1 amide bonds. The van der Waals surface area contributed by atoms with E-state index in [2.05, 4.69) is 15.3 Å². The van der Waals surface area contributed by atoms with Gasteiger partial charge in [-0.2, -0.15) is 0 Å². The molecule has 0 aliphatic heterocycles. The summed E-state index contributed by atoms with van der Waals surface area (Å²) in [4.78, 5) is 13.8. The summed E-state index contributed by atoms with van der Waals surface area (Å²) in [7, 11) is 0. The molecule has 0 aliphatic carbocycles. The van der Waals surface area contributed by atoms with E-state index in [9.17, 15) is 4.79 Å². The van der Waals surface area contributed by atoms with Crippen molar-refractivity contribution >= 4 is 5.91 Å². The van der Waals surface area contributed by atoms with Crippen LogP contribution in [0.3, 0.4) is 0 Å². The zero-order chi connectivity index (χ0) is 11.0. The summed E-state index contributed by atoms with van der Waals surface area (Å²) in [5.41, 5.74) is 7.99. The highest BCUT2D eigenvalue weighted by atomic mass is 16.1. The Morgan fingerprint density at radius 1 is 1.57 bits per heavy atom. The lowest BCUT2D eigenvalue weighted by atomic mass is 9.94. The molecule has 0 aromatic rings. The number of carbonyl (C=O) groups excluding carboxylic acids is 1. The third kappa shape index (κ3) is 6.31. The number of azide groups is 1. The molecule has 0 rings (SSSR count). The first-order chi connectivity index (χ1) is 6.52. The SMILES string of the molecule is CCCC(=O)NCC(C)(C)CN=[N+]=[N-]. The number of hydrogen-bond donors (Lipinski definition) is 1. The molecule has 0 heterocycles. The van der Waals surface area contributed by atoms with Gasteiger partial charge in [0.2, 0.25) is 5.91 Å². The van der Waals surface area contributed by atoms with Crippen LogP contribution in [0.4, 0.5) is 0 Å². The van der Waals surface area contributed by atoms with Crippen LogP contribution in [0.2, 0.25) is 0 Å². The molecule has 0 radical (unpaired) electrons. The Kier molecular flexibility index (Phi) is 5.72. The van der Waals surface area contributed by atoms with Gasteiger partial charge in [-0.3, -0.25) is 4.79 Å². The van der Waals surface area contributed by atoms with Gasteiger partial charge >= 0.3 is 0 Å². The minimum atomic E-state index is -0.171. The molecule has 0 aromatic heterocycles. The third-order valence-electron chi connectivity index (χ3n) is 1.80. The van der Waals surface area contributed by atoms with Gasteiger partial charge in [-0.15, -0.1) is 0 Å². The Morgan fingerprint density at radius 2 is 2.21 bits per heavy atom. The molecule has 5 nitrogen and oxygen atoms in total. The van der Waals surface area contributed by atoms with Gasteiger partial charge in [0.1, 0.15) is 0 Å². The smallest absolute Gasteiger partial charge is 0.220 e. The van der Waals surface area contributed by atoms with Gasteiger partial charge in [-0.05, 0) is 17.4 Å². The maximum absolute atomic E-state index is 11.1. The van der Waals surface area contributed by atoms with Crippen LogP contribution in [0, 0.1) is 5.41 Å². The summed E-state index contributed by atoms with van der Waals surface area (Å²) in [6, 6.07) is 0. The summed E-state index contributed by atoms with van der Waals surface area (Å²) in [6.07, 6.45) is 1.40. The van der Waals surface area contributed by atoms with E-state index in [1.807, 2.05) is 20.8 Å². The zero-order valence-electron chi connectivity index (χ0n) is 9.08. The van der Waals surface area contributed by atoms with Crippen LogP contribution in [-0.4, -0.2) is 19.0 Å². The Hall–Kier alpha value is -1.22. The third-order valence-corrected chi connectivity index (χ3v) is 1.80. The Morgan fingerprint density at radius 3 is 2.71 bits per heavy atom. The van der Waals surface area contributed by atoms with Gasteiger partial charge in [0.25, 0.3) is 0 Å². The molecule has 0 saturated heterocycles. The van der Waals surface area contributed by atoms with E-state index in [1.165, 1.54) is 0 Å². The Balaban J connectivity index is 3.85. The maximum atomic E-state index is 11.1. The summed E-state index contributed by atoms with van der Waals surface area (Å²) in [5, 5.41) is 6.31. The van der Waals surface area contributed by atoms with Crippen molar-refractivity contribution in [3.63, 3.8) is 0 Å². The molecule has 0 aliphatic rings. The predicted octanol–water partition coefficient (Wildman–Crippen LogP) is 2.24. The quantitative estimate of drug-likeness (QED) is 0.396. The van der Waals surface area contributed by atoms with Crippen molar-refractivity contribution in [1.82, 2.24) is 5.32 Å². The predicted molar refractivity (Wildman–Crippen MR) is 55.7 cm³/mol. The number of amides is 1. The summed E-state index contributed by atoms with van der Waals surface area (Å²) in [5.74, 6) is 0.0570. The highest BCUT2D eigenvalue weighted by Crippen LogP contribution is 2.13. The van der Waals surface area contributed by atoms with Crippen LogP contribution in [0.25, 0.3) is 10.4 Å². The first-order valence-electron chi connectivity index (χ1n) is 4.79. The lowest BCUT2D eigenvalue weighted by Gasteiger charge is -2.22. The van der Waals surface area contributed by atoms with Crippen LogP contribution in [0.5, 0.6) is 0 Å². The maximum Gasteiger partial charge on any atom is 0.220 e. The molecule has 80 valence electrons. The number of nitrogens with one attached hydrogen (secondary N) is 1. The van der Waals surface area contributed by atoms with Crippen molar-refractivity contribution in [3.8, 4) is 0 Å². The topological polar surface area (TPSA) is 77.9 Å². The van der Waals surface area contributed by atoms with Crippen molar-refractivity contribution in [2.24, 2.45) is 10.5 Å². The van der Waals surface area contributed by atoms with E-state index in [-0.39, 0.29) is 11.3 Å². The zero-order valence-corrected chi connectivity index (χ0v) is 9.08. The molecule has 0 spiro atoms. The van der Waals surface area contributed by atoms with Crippen LogP contribution in [-0.2, 0) is 4.79 Å². The van der Waals surface area contributed by atoms with Crippen LogP contribution < -0.4 is 5.32 Å². The van der Waals surface area contributed by atoms with Gasteiger partial charge in [-0.1, -0.05) is 25.9 Å². The molecular formula is C9H18N4O. The second-order valence-electron chi connectivity index (χ2n) is 4.08. The summed E-state index contributed by atoms with van der Waals surface area (Å²) in [6.45, 7) is 6.81. The van der Waals surface area contributed by atoms with Gasteiger partial charge in [0.05, 0.1) is 0 Å². The van der Waals surface area contributed by atoms with Crippen LogP contribution in [0.1, 0.15) is 33.6 Å². The molecule has 0 atom stereocenters. The molecule has 0 saturated carbocycles. The summed E-state index contributed by atoms with van der Waals surface area (Å²) >= 11 is 0. The average molecular weight is 198 g/mol.